The van der Waals surface area contributed by atoms with Gasteiger partial charge in [0.1, 0.15) is 5.41 Å². The van der Waals surface area contributed by atoms with E-state index in [4.69, 9.17) is 9.84 Å². The lowest BCUT2D eigenvalue weighted by atomic mass is 9.96. The SMILES string of the molecule is COC[C@H]1CCCN(C(=O)C2(C(=O)O)CC2)C1. The Hall–Kier alpha value is -1.10. The fourth-order valence-corrected chi connectivity index (χ4v) is 2.57. The lowest BCUT2D eigenvalue weighted by Crippen LogP contribution is -2.46. The molecular weight excluding hydrogens is 222 g/mol. The normalized spacial score (nSPS) is 26.6. The van der Waals surface area contributed by atoms with Gasteiger partial charge < -0.3 is 14.7 Å². The Balaban J connectivity index is 1.98. The zero-order valence-corrected chi connectivity index (χ0v) is 10.1. The van der Waals surface area contributed by atoms with Crippen LogP contribution in [-0.4, -0.2) is 48.7 Å². The van der Waals surface area contributed by atoms with Crippen LogP contribution in [0.3, 0.4) is 0 Å². The van der Waals surface area contributed by atoms with E-state index < -0.39 is 11.4 Å². The number of nitrogens with zero attached hydrogens (tertiary/aromatic N) is 1. The van der Waals surface area contributed by atoms with E-state index in [1.54, 1.807) is 12.0 Å². The van der Waals surface area contributed by atoms with Crippen LogP contribution >= 0.6 is 0 Å². The first-order chi connectivity index (χ1) is 8.10. The van der Waals surface area contributed by atoms with Gasteiger partial charge in [-0.25, -0.2) is 0 Å². The minimum Gasteiger partial charge on any atom is -0.480 e. The summed E-state index contributed by atoms with van der Waals surface area (Å²) in [6.45, 7) is 1.97. The summed E-state index contributed by atoms with van der Waals surface area (Å²) in [7, 11) is 1.65. The molecule has 96 valence electrons. The van der Waals surface area contributed by atoms with Crippen LogP contribution in [0.15, 0.2) is 0 Å². The zero-order valence-electron chi connectivity index (χ0n) is 10.1. The molecule has 0 unspecified atom stereocenters. The average molecular weight is 241 g/mol. The Bertz CT molecular complexity index is 322. The van der Waals surface area contributed by atoms with Crippen molar-refractivity contribution in [2.24, 2.45) is 11.3 Å². The minimum absolute atomic E-state index is 0.189. The predicted molar refractivity (Wildman–Crippen MR) is 60.5 cm³/mol. The molecule has 1 saturated carbocycles. The van der Waals surface area contributed by atoms with Crippen molar-refractivity contribution in [1.29, 1.82) is 0 Å². The van der Waals surface area contributed by atoms with Crippen LogP contribution in [-0.2, 0) is 14.3 Å². The summed E-state index contributed by atoms with van der Waals surface area (Å²) < 4.78 is 5.10. The second-order valence-electron chi connectivity index (χ2n) is 5.10. The fraction of sp³-hybridized carbons (Fsp3) is 0.833. The smallest absolute Gasteiger partial charge is 0.319 e. The van der Waals surface area contributed by atoms with Gasteiger partial charge in [0.15, 0.2) is 0 Å². The number of ether oxygens (including phenoxy) is 1. The van der Waals surface area contributed by atoms with Crippen molar-refractivity contribution in [3.8, 4) is 0 Å². The maximum atomic E-state index is 12.2. The fourth-order valence-electron chi connectivity index (χ4n) is 2.57. The molecular formula is C12H19NO4. The maximum absolute atomic E-state index is 12.2. The first-order valence-electron chi connectivity index (χ1n) is 6.12. The first kappa shape index (κ1) is 12.4. The highest BCUT2D eigenvalue weighted by Crippen LogP contribution is 2.47. The van der Waals surface area contributed by atoms with Gasteiger partial charge in [0, 0.05) is 20.2 Å². The Labute approximate surface area is 101 Å². The monoisotopic (exact) mass is 241 g/mol. The molecule has 0 aromatic carbocycles. The summed E-state index contributed by atoms with van der Waals surface area (Å²) >= 11 is 0. The van der Waals surface area contributed by atoms with E-state index in [1.807, 2.05) is 0 Å². The van der Waals surface area contributed by atoms with Gasteiger partial charge in [0.2, 0.25) is 5.91 Å². The Morgan fingerprint density at radius 2 is 2.18 bits per heavy atom. The lowest BCUT2D eigenvalue weighted by molar-refractivity contribution is -0.154. The van der Waals surface area contributed by atoms with E-state index in [1.165, 1.54) is 0 Å². The largest absolute Gasteiger partial charge is 0.480 e. The highest BCUT2D eigenvalue weighted by atomic mass is 16.5. The van der Waals surface area contributed by atoms with Gasteiger partial charge in [-0.05, 0) is 31.6 Å². The Kier molecular flexibility index (Phi) is 3.38. The number of methoxy groups -OCH3 is 1. The molecule has 17 heavy (non-hydrogen) atoms. The molecule has 2 aliphatic rings. The van der Waals surface area contributed by atoms with E-state index in [0.717, 1.165) is 12.8 Å². The average Bonchev–Trinajstić information content (AvgIpc) is 3.10. The molecule has 0 aromatic heterocycles. The molecule has 1 N–H and O–H groups in total. The van der Waals surface area contributed by atoms with Crippen LogP contribution in [0, 0.1) is 11.3 Å². The van der Waals surface area contributed by atoms with Gasteiger partial charge in [0.25, 0.3) is 0 Å². The number of rotatable bonds is 4. The minimum atomic E-state index is -1.09. The highest BCUT2D eigenvalue weighted by Gasteiger charge is 2.58. The van der Waals surface area contributed by atoms with Gasteiger partial charge in [-0.3, -0.25) is 9.59 Å². The molecule has 0 aromatic rings. The first-order valence-corrected chi connectivity index (χ1v) is 6.12. The van der Waals surface area contributed by atoms with Crippen LogP contribution < -0.4 is 0 Å². The number of hydrogen-bond donors (Lipinski definition) is 1. The van der Waals surface area contributed by atoms with E-state index in [2.05, 4.69) is 0 Å². The number of carbonyl (C=O) groups excluding carboxylic acids is 1. The summed E-state index contributed by atoms with van der Waals surface area (Å²) in [4.78, 5) is 25.0. The third-order valence-electron chi connectivity index (χ3n) is 3.78. The van der Waals surface area contributed by atoms with Gasteiger partial charge in [-0.1, -0.05) is 0 Å². The molecule has 5 nitrogen and oxygen atoms in total. The number of aliphatic carboxylic acids is 1. The summed E-state index contributed by atoms with van der Waals surface area (Å²) in [5, 5.41) is 9.10. The van der Waals surface area contributed by atoms with Gasteiger partial charge in [-0.15, -0.1) is 0 Å². The summed E-state index contributed by atoms with van der Waals surface area (Å²) in [6.07, 6.45) is 2.98. The van der Waals surface area contributed by atoms with Crippen molar-refractivity contribution >= 4 is 11.9 Å². The second-order valence-corrected chi connectivity index (χ2v) is 5.10. The van der Waals surface area contributed by atoms with Crippen LogP contribution in [0.25, 0.3) is 0 Å². The number of amides is 1. The van der Waals surface area contributed by atoms with Crippen molar-refractivity contribution in [1.82, 2.24) is 4.90 Å². The van der Waals surface area contributed by atoms with Gasteiger partial charge in [0.05, 0.1) is 6.61 Å². The molecule has 5 heteroatoms. The zero-order chi connectivity index (χ0) is 12.5. The highest BCUT2D eigenvalue weighted by molar-refractivity contribution is 6.04. The topological polar surface area (TPSA) is 66.8 Å². The maximum Gasteiger partial charge on any atom is 0.319 e. The van der Waals surface area contributed by atoms with E-state index in [0.29, 0.717) is 38.5 Å². The van der Waals surface area contributed by atoms with Crippen molar-refractivity contribution in [3.05, 3.63) is 0 Å². The van der Waals surface area contributed by atoms with Crippen LogP contribution in [0.2, 0.25) is 0 Å². The molecule has 1 aliphatic carbocycles. The van der Waals surface area contributed by atoms with Crippen molar-refractivity contribution in [3.63, 3.8) is 0 Å². The van der Waals surface area contributed by atoms with Crippen LogP contribution in [0.1, 0.15) is 25.7 Å². The van der Waals surface area contributed by atoms with Crippen LogP contribution in [0.4, 0.5) is 0 Å². The molecule has 1 heterocycles. The predicted octanol–water partition coefficient (Wildman–Crippen LogP) is 0.736. The molecule has 2 fully saturated rings. The standard InChI is InChI=1S/C12H19NO4/c1-17-8-9-3-2-6-13(7-9)10(14)12(4-5-12)11(15)16/h9H,2-8H2,1H3,(H,15,16)/t9-/m0/s1. The van der Waals surface area contributed by atoms with E-state index in [9.17, 15) is 9.59 Å². The summed E-state index contributed by atoms with van der Waals surface area (Å²) in [5.74, 6) is -0.801. The third-order valence-corrected chi connectivity index (χ3v) is 3.78. The number of carbonyl (C=O) groups is 2. The van der Waals surface area contributed by atoms with E-state index in [-0.39, 0.29) is 5.91 Å². The third kappa shape index (κ3) is 2.29. The van der Waals surface area contributed by atoms with Crippen LogP contribution in [0.5, 0.6) is 0 Å². The number of carboxylic acid groups (broad SMARTS) is 1. The molecule has 1 saturated heterocycles. The quantitative estimate of drug-likeness (QED) is 0.737. The van der Waals surface area contributed by atoms with Crippen molar-refractivity contribution in [2.45, 2.75) is 25.7 Å². The molecule has 0 bridgehead atoms. The molecule has 1 aliphatic heterocycles. The molecule has 2 rings (SSSR count). The Morgan fingerprint density at radius 1 is 1.47 bits per heavy atom. The van der Waals surface area contributed by atoms with Crippen molar-refractivity contribution in [2.75, 3.05) is 26.8 Å². The number of piperidine rings is 1. The molecule has 0 spiro atoms. The second kappa shape index (κ2) is 4.64. The molecule has 1 atom stereocenters. The summed E-state index contributed by atoms with van der Waals surface area (Å²) in [5.41, 5.74) is -1.09. The molecule has 0 radical (unpaired) electrons. The Morgan fingerprint density at radius 3 is 2.71 bits per heavy atom. The lowest BCUT2D eigenvalue weighted by Gasteiger charge is -2.34. The summed E-state index contributed by atoms with van der Waals surface area (Å²) in [6, 6.07) is 0. The number of hydrogen-bond acceptors (Lipinski definition) is 3. The number of carboxylic acids is 1. The van der Waals surface area contributed by atoms with Gasteiger partial charge >= 0.3 is 5.97 Å². The van der Waals surface area contributed by atoms with Crippen molar-refractivity contribution < 1.29 is 19.4 Å². The number of likely N-dealkylation sites (tertiary alicyclic amines) is 1. The van der Waals surface area contributed by atoms with Gasteiger partial charge in [-0.2, -0.15) is 0 Å². The molecule has 1 amide bonds. The van der Waals surface area contributed by atoms with E-state index >= 15 is 0 Å².